The predicted molar refractivity (Wildman–Crippen MR) is 131 cm³/mol. The molecule has 0 amide bonds. The second-order valence-electron chi connectivity index (χ2n) is 8.65. The van der Waals surface area contributed by atoms with E-state index in [-0.39, 0.29) is 17.7 Å². The van der Waals surface area contributed by atoms with Gasteiger partial charge in [0.1, 0.15) is 0 Å². The van der Waals surface area contributed by atoms with Crippen LogP contribution in [0.15, 0.2) is 108 Å². The van der Waals surface area contributed by atoms with Crippen molar-refractivity contribution in [2.75, 3.05) is 10.6 Å². The molecule has 3 nitrogen and oxygen atoms in total. The summed E-state index contributed by atoms with van der Waals surface area (Å²) in [4.78, 5) is 13.7. The average molecular weight is 417 g/mol. The number of rotatable bonds is 2. The van der Waals surface area contributed by atoms with E-state index in [1.54, 1.807) is 0 Å². The molecule has 156 valence electrons. The zero-order valence-corrected chi connectivity index (χ0v) is 17.7. The number of anilines is 2. The van der Waals surface area contributed by atoms with Crippen LogP contribution in [0.1, 0.15) is 35.9 Å². The fraction of sp³-hybridized carbons (Fsp3) is 0.138. The third-order valence-corrected chi connectivity index (χ3v) is 6.71. The lowest BCUT2D eigenvalue weighted by Crippen LogP contribution is -2.27. The first-order valence-electron chi connectivity index (χ1n) is 11.2. The molecule has 0 fully saturated rings. The number of benzene rings is 4. The lowest BCUT2D eigenvalue weighted by Gasteiger charge is -2.30. The smallest absolute Gasteiger partial charge is 0.163 e. The first-order chi connectivity index (χ1) is 15.8. The monoisotopic (exact) mass is 416 g/mol. The summed E-state index contributed by atoms with van der Waals surface area (Å²) in [5, 5.41) is 9.71. The molecule has 6 rings (SSSR count). The van der Waals surface area contributed by atoms with Crippen LogP contribution < -0.4 is 10.6 Å². The molecule has 3 heteroatoms. The van der Waals surface area contributed by atoms with E-state index >= 15 is 0 Å². The Kier molecular flexibility index (Phi) is 4.53. The zero-order chi connectivity index (χ0) is 21.5. The normalized spacial score (nSPS) is 20.1. The van der Waals surface area contributed by atoms with E-state index in [2.05, 4.69) is 89.5 Å². The van der Waals surface area contributed by atoms with E-state index in [0.717, 1.165) is 34.6 Å². The summed E-state index contributed by atoms with van der Waals surface area (Å²) < 4.78 is 0. The second-order valence-corrected chi connectivity index (χ2v) is 8.65. The number of carbonyl (C=O) groups excluding carboxylic acids is 1. The number of fused-ring (bicyclic) bond motifs is 2. The molecule has 1 heterocycles. The number of allylic oxidation sites excluding steroid dienone is 1. The molecule has 0 spiro atoms. The third kappa shape index (κ3) is 3.18. The lowest BCUT2D eigenvalue weighted by molar-refractivity contribution is -0.116. The molecule has 2 aliphatic rings. The van der Waals surface area contributed by atoms with Crippen LogP contribution >= 0.6 is 0 Å². The number of Topliss-reactive ketones (excluding diaryl/α,β-unsaturated/α-hetero) is 1. The summed E-state index contributed by atoms with van der Waals surface area (Å²) in [6.07, 6.45) is 1.35. The molecular weight excluding hydrogens is 392 g/mol. The highest BCUT2D eigenvalue weighted by atomic mass is 16.1. The van der Waals surface area contributed by atoms with Gasteiger partial charge in [0, 0.05) is 17.7 Å². The van der Waals surface area contributed by atoms with Gasteiger partial charge in [-0.2, -0.15) is 0 Å². The maximum atomic E-state index is 13.7. The molecule has 0 bridgehead atoms. The largest absolute Gasteiger partial charge is 0.372 e. The minimum Gasteiger partial charge on any atom is -0.372 e. The van der Waals surface area contributed by atoms with Crippen LogP contribution in [0.5, 0.6) is 0 Å². The summed E-state index contributed by atoms with van der Waals surface area (Å²) in [5.41, 5.74) is 6.30. The Bertz CT molecular complexity index is 1350. The lowest BCUT2D eigenvalue weighted by atomic mass is 9.78. The number of ketones is 1. The van der Waals surface area contributed by atoms with Crippen molar-refractivity contribution >= 4 is 27.9 Å². The maximum absolute atomic E-state index is 13.7. The number of hydrogen-bond donors (Lipinski definition) is 2. The number of nitrogens with one attached hydrogen (secondary N) is 2. The van der Waals surface area contributed by atoms with Crippen LogP contribution in [0.2, 0.25) is 0 Å². The summed E-state index contributed by atoms with van der Waals surface area (Å²) >= 11 is 0. The van der Waals surface area contributed by atoms with Crippen molar-refractivity contribution in [1.82, 2.24) is 0 Å². The van der Waals surface area contributed by atoms with Crippen molar-refractivity contribution in [2.45, 2.75) is 24.8 Å². The Morgan fingerprint density at radius 1 is 0.688 bits per heavy atom. The van der Waals surface area contributed by atoms with Crippen LogP contribution in [0.3, 0.4) is 0 Å². The molecule has 2 N–H and O–H groups in total. The third-order valence-electron chi connectivity index (χ3n) is 6.71. The van der Waals surface area contributed by atoms with Crippen molar-refractivity contribution in [1.29, 1.82) is 0 Å². The van der Waals surface area contributed by atoms with E-state index in [1.807, 2.05) is 18.2 Å². The molecule has 0 radical (unpaired) electrons. The summed E-state index contributed by atoms with van der Waals surface area (Å²) in [7, 11) is 0. The highest BCUT2D eigenvalue weighted by Gasteiger charge is 2.36. The fourth-order valence-corrected chi connectivity index (χ4v) is 5.19. The van der Waals surface area contributed by atoms with Crippen molar-refractivity contribution < 1.29 is 4.79 Å². The Hall–Kier alpha value is -3.85. The van der Waals surface area contributed by atoms with E-state index in [0.29, 0.717) is 6.42 Å². The van der Waals surface area contributed by atoms with Crippen LogP contribution in [0.25, 0.3) is 10.8 Å². The molecule has 32 heavy (non-hydrogen) atoms. The predicted octanol–water partition coefficient (Wildman–Crippen LogP) is 6.82. The Morgan fingerprint density at radius 3 is 2.28 bits per heavy atom. The first-order valence-corrected chi connectivity index (χ1v) is 11.2. The molecule has 0 saturated carbocycles. The van der Waals surface area contributed by atoms with Crippen LogP contribution in [-0.2, 0) is 4.79 Å². The zero-order valence-electron chi connectivity index (χ0n) is 17.7. The minimum absolute atomic E-state index is 0.188. The Balaban J connectivity index is 1.53. The minimum atomic E-state index is -0.198. The van der Waals surface area contributed by atoms with Crippen molar-refractivity contribution in [2.24, 2.45) is 0 Å². The SMILES string of the molecule is O=C1C[C@@H](c2ccccc2)CC2=C1[C@@H](c1cccc3ccccc13)Nc1ccccc1N2. The van der Waals surface area contributed by atoms with Crippen molar-refractivity contribution in [3.8, 4) is 0 Å². The van der Waals surface area contributed by atoms with E-state index in [1.165, 1.54) is 16.3 Å². The van der Waals surface area contributed by atoms with Gasteiger partial charge in [0.25, 0.3) is 0 Å². The summed E-state index contributed by atoms with van der Waals surface area (Å²) in [6, 6.07) is 33.2. The van der Waals surface area contributed by atoms with Crippen molar-refractivity contribution in [3.63, 3.8) is 0 Å². The molecule has 0 saturated heterocycles. The highest BCUT2D eigenvalue weighted by Crippen LogP contribution is 2.45. The summed E-state index contributed by atoms with van der Waals surface area (Å²) in [6.45, 7) is 0. The van der Waals surface area contributed by atoms with Crippen LogP contribution in [0, 0.1) is 0 Å². The van der Waals surface area contributed by atoms with Crippen molar-refractivity contribution in [3.05, 3.63) is 119 Å². The Labute approximate surface area is 187 Å². The van der Waals surface area contributed by atoms with Gasteiger partial charge >= 0.3 is 0 Å². The molecule has 1 aliphatic heterocycles. The molecule has 4 aromatic carbocycles. The maximum Gasteiger partial charge on any atom is 0.163 e. The standard InChI is InChI=1S/C29H24N2O/c32-27-18-21(19-9-2-1-3-10-19)17-26-28(27)29(31-25-16-7-6-15-24(25)30-26)23-14-8-12-20-11-4-5-13-22(20)23/h1-16,21,29-31H,17-18H2/t21-,29+/m0/s1. The quantitative estimate of drug-likeness (QED) is 0.377. The molecular formula is C29H24N2O. The molecule has 4 aromatic rings. The molecule has 0 unspecified atom stereocenters. The van der Waals surface area contributed by atoms with Gasteiger partial charge in [0.2, 0.25) is 0 Å². The highest BCUT2D eigenvalue weighted by molar-refractivity contribution is 6.02. The fourth-order valence-electron chi connectivity index (χ4n) is 5.19. The number of hydrogen-bond acceptors (Lipinski definition) is 3. The van der Waals surface area contributed by atoms with Gasteiger partial charge in [-0.05, 0) is 46.4 Å². The van der Waals surface area contributed by atoms with Gasteiger partial charge < -0.3 is 10.6 Å². The number of para-hydroxylation sites is 2. The molecule has 0 aromatic heterocycles. The van der Waals surface area contributed by atoms with Gasteiger partial charge in [-0.25, -0.2) is 0 Å². The van der Waals surface area contributed by atoms with Crippen LogP contribution in [-0.4, -0.2) is 5.78 Å². The van der Waals surface area contributed by atoms with E-state index in [4.69, 9.17) is 0 Å². The van der Waals surface area contributed by atoms with Gasteiger partial charge in [-0.1, -0.05) is 84.9 Å². The second kappa shape index (κ2) is 7.69. The molecule has 1 aliphatic carbocycles. The topological polar surface area (TPSA) is 41.1 Å². The van der Waals surface area contributed by atoms with Gasteiger partial charge in [-0.3, -0.25) is 4.79 Å². The van der Waals surface area contributed by atoms with Gasteiger partial charge in [-0.15, -0.1) is 0 Å². The van der Waals surface area contributed by atoms with Crippen LogP contribution in [0.4, 0.5) is 11.4 Å². The molecule has 2 atom stereocenters. The van der Waals surface area contributed by atoms with Gasteiger partial charge in [0.15, 0.2) is 5.78 Å². The van der Waals surface area contributed by atoms with E-state index in [9.17, 15) is 4.79 Å². The summed E-state index contributed by atoms with van der Waals surface area (Å²) in [5.74, 6) is 0.402. The number of carbonyl (C=O) groups is 1. The first kappa shape index (κ1) is 18.9. The average Bonchev–Trinajstić information content (AvgIpc) is 3.01. The van der Waals surface area contributed by atoms with Gasteiger partial charge in [0.05, 0.1) is 17.4 Å². The van der Waals surface area contributed by atoms with E-state index < -0.39 is 0 Å². The Morgan fingerprint density at radius 2 is 1.41 bits per heavy atom.